The van der Waals surface area contributed by atoms with Crippen LogP contribution < -0.4 is 11.1 Å². The largest absolute Gasteiger partial charge is 0.361 e. The van der Waals surface area contributed by atoms with E-state index in [1.165, 1.54) is 0 Å². The molecule has 0 spiro atoms. The molecule has 0 saturated carbocycles. The van der Waals surface area contributed by atoms with Crippen LogP contribution in [0.3, 0.4) is 0 Å². The van der Waals surface area contributed by atoms with E-state index in [1.54, 1.807) is 13.0 Å². The maximum absolute atomic E-state index is 11.9. The van der Waals surface area contributed by atoms with Gasteiger partial charge in [0, 0.05) is 11.1 Å². The summed E-state index contributed by atoms with van der Waals surface area (Å²) in [6.45, 7) is 5.32. The van der Waals surface area contributed by atoms with Crippen molar-refractivity contribution in [3.8, 4) is 23.0 Å². The first-order valence-corrected chi connectivity index (χ1v) is 8.53. The van der Waals surface area contributed by atoms with Gasteiger partial charge in [-0.1, -0.05) is 29.3 Å². The zero-order valence-electron chi connectivity index (χ0n) is 15.4. The molecule has 1 amide bonds. The molecule has 1 atom stereocenters. The first-order chi connectivity index (χ1) is 13.0. The Kier molecular flexibility index (Phi) is 5.34. The number of rotatable bonds is 3. The molecule has 0 aliphatic carbocycles. The standard InChI is InChI=1S/C21H20N4O2/c1-13(22)21(26)24-19-12-10-17(20-14(2)25-27-15(20)3)18(23-19)11-9-16-7-5-4-6-8-16/h4-8,10,12-13H,22H2,1-3H3,(H,23,24,26). The molecule has 0 aliphatic heterocycles. The van der Waals surface area contributed by atoms with Crippen molar-refractivity contribution in [2.24, 2.45) is 5.73 Å². The predicted octanol–water partition coefficient (Wildman–Crippen LogP) is 3.04. The first kappa shape index (κ1) is 18.4. The lowest BCUT2D eigenvalue weighted by molar-refractivity contribution is -0.117. The van der Waals surface area contributed by atoms with E-state index in [0.717, 1.165) is 22.4 Å². The molecule has 0 aliphatic rings. The van der Waals surface area contributed by atoms with Gasteiger partial charge < -0.3 is 15.6 Å². The number of nitrogens with one attached hydrogen (secondary N) is 1. The molecule has 3 rings (SSSR count). The van der Waals surface area contributed by atoms with Crippen molar-refractivity contribution in [1.82, 2.24) is 10.1 Å². The summed E-state index contributed by atoms with van der Waals surface area (Å²) in [6, 6.07) is 12.6. The van der Waals surface area contributed by atoms with Gasteiger partial charge in [-0.05, 0) is 51.0 Å². The van der Waals surface area contributed by atoms with Gasteiger partial charge >= 0.3 is 0 Å². The lowest BCUT2D eigenvalue weighted by atomic mass is 10.0. The van der Waals surface area contributed by atoms with Crippen LogP contribution in [0.5, 0.6) is 0 Å². The molecule has 1 unspecified atom stereocenters. The van der Waals surface area contributed by atoms with Gasteiger partial charge in [-0.15, -0.1) is 0 Å². The van der Waals surface area contributed by atoms with Crippen molar-refractivity contribution in [3.63, 3.8) is 0 Å². The van der Waals surface area contributed by atoms with Crippen molar-refractivity contribution < 1.29 is 9.32 Å². The fourth-order valence-corrected chi connectivity index (χ4v) is 2.59. The Morgan fingerprint density at radius 3 is 2.52 bits per heavy atom. The number of benzene rings is 1. The van der Waals surface area contributed by atoms with Crippen LogP contribution in [0, 0.1) is 25.7 Å². The number of pyridine rings is 1. The molecule has 0 fully saturated rings. The van der Waals surface area contributed by atoms with Crippen molar-refractivity contribution in [1.29, 1.82) is 0 Å². The van der Waals surface area contributed by atoms with Gasteiger partial charge in [0.25, 0.3) is 0 Å². The summed E-state index contributed by atoms with van der Waals surface area (Å²) < 4.78 is 5.28. The highest BCUT2D eigenvalue weighted by molar-refractivity contribution is 5.93. The van der Waals surface area contributed by atoms with E-state index >= 15 is 0 Å². The zero-order chi connectivity index (χ0) is 19.4. The molecular formula is C21H20N4O2. The molecule has 6 nitrogen and oxygen atoms in total. The Morgan fingerprint density at radius 1 is 1.15 bits per heavy atom. The molecular weight excluding hydrogens is 340 g/mol. The van der Waals surface area contributed by atoms with Gasteiger partial charge in [-0.25, -0.2) is 4.98 Å². The number of nitrogens with two attached hydrogens (primary N) is 1. The Labute approximate surface area is 157 Å². The van der Waals surface area contributed by atoms with E-state index in [1.807, 2.05) is 50.2 Å². The lowest BCUT2D eigenvalue weighted by Crippen LogP contribution is -2.32. The van der Waals surface area contributed by atoms with Gasteiger partial charge in [-0.2, -0.15) is 0 Å². The van der Waals surface area contributed by atoms with Crippen molar-refractivity contribution in [3.05, 3.63) is 65.2 Å². The van der Waals surface area contributed by atoms with E-state index in [2.05, 4.69) is 27.3 Å². The van der Waals surface area contributed by atoms with Gasteiger partial charge in [0.15, 0.2) is 0 Å². The third kappa shape index (κ3) is 4.22. The molecule has 2 aromatic heterocycles. The van der Waals surface area contributed by atoms with Crippen LogP contribution in [0.25, 0.3) is 11.1 Å². The quantitative estimate of drug-likeness (QED) is 0.700. The van der Waals surface area contributed by atoms with Crippen LogP contribution in [0.2, 0.25) is 0 Å². The molecule has 6 heteroatoms. The molecule has 3 aromatic rings. The molecule has 2 heterocycles. The molecule has 136 valence electrons. The van der Waals surface area contributed by atoms with Gasteiger partial charge in [0.2, 0.25) is 5.91 Å². The second-order valence-corrected chi connectivity index (χ2v) is 6.19. The van der Waals surface area contributed by atoms with Crippen LogP contribution >= 0.6 is 0 Å². The minimum atomic E-state index is -0.632. The Hall–Kier alpha value is -3.43. The van der Waals surface area contributed by atoms with Crippen LogP contribution in [-0.2, 0) is 4.79 Å². The summed E-state index contributed by atoms with van der Waals surface area (Å²) in [5.74, 6) is 6.97. The number of aryl methyl sites for hydroxylation is 2. The van der Waals surface area contributed by atoms with Crippen molar-refractivity contribution in [2.75, 3.05) is 5.32 Å². The van der Waals surface area contributed by atoms with Gasteiger partial charge in [0.1, 0.15) is 17.3 Å². The first-order valence-electron chi connectivity index (χ1n) is 8.53. The molecule has 0 bridgehead atoms. The van der Waals surface area contributed by atoms with Gasteiger partial charge in [-0.3, -0.25) is 4.79 Å². The summed E-state index contributed by atoms with van der Waals surface area (Å²) in [5.41, 5.74) is 9.41. The summed E-state index contributed by atoms with van der Waals surface area (Å²) >= 11 is 0. The number of amides is 1. The van der Waals surface area contributed by atoms with Crippen LogP contribution in [0.4, 0.5) is 5.82 Å². The van der Waals surface area contributed by atoms with E-state index in [-0.39, 0.29) is 5.91 Å². The van der Waals surface area contributed by atoms with Crippen LogP contribution in [-0.4, -0.2) is 22.1 Å². The molecule has 27 heavy (non-hydrogen) atoms. The number of carbonyl (C=O) groups excluding carboxylic acids is 1. The Bertz CT molecular complexity index is 1010. The third-order valence-electron chi connectivity index (χ3n) is 3.96. The summed E-state index contributed by atoms with van der Waals surface area (Å²) in [7, 11) is 0. The normalized spacial score (nSPS) is 11.4. The highest BCUT2D eigenvalue weighted by Gasteiger charge is 2.17. The average molecular weight is 360 g/mol. The highest BCUT2D eigenvalue weighted by atomic mass is 16.5. The SMILES string of the molecule is Cc1noc(C)c1-c1ccc(NC(=O)C(C)N)nc1C#Cc1ccccc1. The summed E-state index contributed by atoms with van der Waals surface area (Å²) in [6.07, 6.45) is 0. The number of hydrogen-bond acceptors (Lipinski definition) is 5. The smallest absolute Gasteiger partial charge is 0.242 e. The number of aromatic nitrogens is 2. The summed E-state index contributed by atoms with van der Waals surface area (Å²) in [5, 5.41) is 6.71. The van der Waals surface area contributed by atoms with E-state index in [0.29, 0.717) is 17.3 Å². The zero-order valence-corrected chi connectivity index (χ0v) is 15.4. The van der Waals surface area contributed by atoms with Crippen molar-refractivity contribution >= 4 is 11.7 Å². The average Bonchev–Trinajstić information content (AvgIpc) is 2.99. The molecule has 3 N–H and O–H groups in total. The second kappa shape index (κ2) is 7.85. The Morgan fingerprint density at radius 2 is 1.89 bits per heavy atom. The maximum Gasteiger partial charge on any atom is 0.242 e. The summed E-state index contributed by atoms with van der Waals surface area (Å²) in [4.78, 5) is 16.4. The highest BCUT2D eigenvalue weighted by Crippen LogP contribution is 2.29. The number of anilines is 1. The fraction of sp³-hybridized carbons (Fsp3) is 0.190. The minimum absolute atomic E-state index is 0.311. The molecule has 0 saturated heterocycles. The third-order valence-corrected chi connectivity index (χ3v) is 3.96. The maximum atomic E-state index is 11.9. The van der Waals surface area contributed by atoms with Crippen LogP contribution in [0.1, 0.15) is 29.6 Å². The van der Waals surface area contributed by atoms with Crippen LogP contribution in [0.15, 0.2) is 47.0 Å². The van der Waals surface area contributed by atoms with E-state index < -0.39 is 6.04 Å². The Balaban J connectivity index is 2.08. The number of nitrogens with zero attached hydrogens (tertiary/aromatic N) is 2. The number of hydrogen-bond donors (Lipinski definition) is 2. The molecule has 1 aromatic carbocycles. The predicted molar refractivity (Wildman–Crippen MR) is 104 cm³/mol. The topological polar surface area (TPSA) is 94.0 Å². The lowest BCUT2D eigenvalue weighted by Gasteiger charge is -2.10. The monoisotopic (exact) mass is 360 g/mol. The molecule has 0 radical (unpaired) electrons. The minimum Gasteiger partial charge on any atom is -0.361 e. The fourth-order valence-electron chi connectivity index (χ4n) is 2.59. The van der Waals surface area contributed by atoms with E-state index in [9.17, 15) is 4.79 Å². The van der Waals surface area contributed by atoms with Gasteiger partial charge in [0.05, 0.1) is 17.3 Å². The second-order valence-electron chi connectivity index (χ2n) is 6.19. The number of carbonyl (C=O) groups is 1. The van der Waals surface area contributed by atoms with Crippen molar-refractivity contribution in [2.45, 2.75) is 26.8 Å². The van der Waals surface area contributed by atoms with E-state index in [4.69, 9.17) is 10.3 Å².